The summed E-state index contributed by atoms with van der Waals surface area (Å²) in [7, 11) is 0. The van der Waals surface area contributed by atoms with Gasteiger partial charge in [-0.05, 0) is 67.8 Å². The van der Waals surface area contributed by atoms with Gasteiger partial charge in [-0.2, -0.15) is 0 Å². The van der Waals surface area contributed by atoms with E-state index in [-0.39, 0.29) is 34.9 Å². The first-order chi connectivity index (χ1) is 11.8. The Hall–Kier alpha value is -1.00. The largest absolute Gasteiger partial charge is 0.393 e. The number of allylic oxidation sites excluding steroid dienone is 1. The lowest BCUT2D eigenvalue weighted by Gasteiger charge is -2.62. The van der Waals surface area contributed by atoms with Crippen LogP contribution in [0.25, 0.3) is 0 Å². The van der Waals surface area contributed by atoms with E-state index in [1.54, 1.807) is 0 Å². The number of hydrogen-bond acceptors (Lipinski definition) is 4. The number of ketones is 2. The highest BCUT2D eigenvalue weighted by atomic mass is 16.5. The molecule has 0 radical (unpaired) electrons. The van der Waals surface area contributed by atoms with Gasteiger partial charge in [-0.25, -0.2) is 0 Å². The van der Waals surface area contributed by atoms with Crippen molar-refractivity contribution in [3.8, 4) is 0 Å². The Labute approximate surface area is 149 Å². The lowest BCUT2D eigenvalue weighted by Crippen LogP contribution is -2.67. The molecule has 0 aromatic heterocycles. The van der Waals surface area contributed by atoms with Crippen molar-refractivity contribution in [2.24, 2.45) is 28.6 Å². The second-order valence-electron chi connectivity index (χ2n) is 9.65. The van der Waals surface area contributed by atoms with Crippen LogP contribution < -0.4 is 0 Å². The molecule has 6 unspecified atom stereocenters. The Morgan fingerprint density at radius 3 is 2.64 bits per heavy atom. The molecular weight excluding hydrogens is 316 g/mol. The number of Topliss-reactive ketones (excluding diaryl/α,β-unsaturated/α-hetero) is 1. The minimum atomic E-state index is -0.622. The summed E-state index contributed by atoms with van der Waals surface area (Å²) >= 11 is 0. The van der Waals surface area contributed by atoms with E-state index in [9.17, 15) is 14.7 Å². The molecule has 1 spiro atoms. The van der Waals surface area contributed by atoms with Crippen LogP contribution in [0.15, 0.2) is 11.6 Å². The van der Waals surface area contributed by atoms with Gasteiger partial charge in [0.15, 0.2) is 11.6 Å². The van der Waals surface area contributed by atoms with E-state index in [4.69, 9.17) is 4.74 Å². The van der Waals surface area contributed by atoms with Crippen LogP contribution in [0.5, 0.6) is 0 Å². The predicted molar refractivity (Wildman–Crippen MR) is 91.8 cm³/mol. The van der Waals surface area contributed by atoms with E-state index in [1.165, 1.54) is 5.57 Å². The zero-order chi connectivity index (χ0) is 17.6. The summed E-state index contributed by atoms with van der Waals surface area (Å²) in [6.07, 6.45) is 7.41. The lowest BCUT2D eigenvalue weighted by atomic mass is 9.45. The fourth-order valence-corrected chi connectivity index (χ4v) is 7.68. The number of carbonyl (C=O) groups is 2. The molecule has 1 heterocycles. The molecule has 1 saturated heterocycles. The van der Waals surface area contributed by atoms with Crippen LogP contribution in [0.1, 0.15) is 58.8 Å². The van der Waals surface area contributed by atoms with E-state index in [0.29, 0.717) is 24.7 Å². The fraction of sp³-hybridized carbons (Fsp3) is 0.810. The third-order valence-corrected chi connectivity index (χ3v) is 8.92. The van der Waals surface area contributed by atoms with Gasteiger partial charge in [-0.3, -0.25) is 9.59 Å². The van der Waals surface area contributed by atoms with Crippen molar-refractivity contribution in [1.82, 2.24) is 0 Å². The smallest absolute Gasteiger partial charge is 0.190 e. The Morgan fingerprint density at radius 1 is 1.16 bits per heavy atom. The summed E-state index contributed by atoms with van der Waals surface area (Å²) in [6, 6.07) is 0. The van der Waals surface area contributed by atoms with Gasteiger partial charge in [0.25, 0.3) is 0 Å². The van der Waals surface area contributed by atoms with Crippen LogP contribution >= 0.6 is 0 Å². The number of aliphatic hydroxyl groups is 1. The van der Waals surface area contributed by atoms with Gasteiger partial charge in [0.2, 0.25) is 0 Å². The van der Waals surface area contributed by atoms with Gasteiger partial charge in [-0.15, -0.1) is 0 Å². The van der Waals surface area contributed by atoms with Crippen LogP contribution in [0, 0.1) is 28.6 Å². The van der Waals surface area contributed by atoms with E-state index in [0.717, 1.165) is 32.1 Å². The van der Waals surface area contributed by atoms with Gasteiger partial charge < -0.3 is 9.84 Å². The summed E-state index contributed by atoms with van der Waals surface area (Å²) < 4.78 is 5.92. The van der Waals surface area contributed by atoms with Gasteiger partial charge in [0.1, 0.15) is 12.2 Å². The molecule has 4 fully saturated rings. The summed E-state index contributed by atoms with van der Waals surface area (Å²) in [4.78, 5) is 24.4. The number of ether oxygens (including phenoxy) is 1. The summed E-state index contributed by atoms with van der Waals surface area (Å²) in [5.41, 5.74) is 0.350. The standard InChI is InChI=1S/C21H28O4/c1-19-7-5-13(22)9-12(19)3-4-14-15-6-8-21(17(24)11-25-21)20(15,2)10-16(23)18(14)19/h9,14-16,18,23H,3-8,10-11H2,1-2H3/t14?,15?,16?,18?,19-,20?,21?/m0/s1. The van der Waals surface area contributed by atoms with Gasteiger partial charge in [-0.1, -0.05) is 19.4 Å². The van der Waals surface area contributed by atoms with E-state index in [2.05, 4.69) is 13.8 Å². The van der Waals surface area contributed by atoms with E-state index < -0.39 is 11.7 Å². The maximum atomic E-state index is 12.5. The molecule has 136 valence electrons. The first kappa shape index (κ1) is 16.2. The topological polar surface area (TPSA) is 63.6 Å². The van der Waals surface area contributed by atoms with Gasteiger partial charge in [0, 0.05) is 11.8 Å². The minimum Gasteiger partial charge on any atom is -0.393 e. The van der Waals surface area contributed by atoms with Crippen LogP contribution in [0.3, 0.4) is 0 Å². The Bertz CT molecular complexity index is 696. The predicted octanol–water partition coefficient (Wildman–Crippen LogP) is 2.83. The molecule has 4 aliphatic carbocycles. The molecular formula is C21H28O4. The molecule has 0 aromatic rings. The van der Waals surface area contributed by atoms with Crippen LogP contribution in [0.2, 0.25) is 0 Å². The second kappa shape index (κ2) is 4.83. The first-order valence-electron chi connectivity index (χ1n) is 9.91. The molecule has 4 nitrogen and oxygen atoms in total. The number of fused-ring (bicyclic) bond motifs is 6. The third kappa shape index (κ3) is 1.76. The molecule has 3 saturated carbocycles. The molecule has 0 amide bonds. The van der Waals surface area contributed by atoms with E-state index >= 15 is 0 Å². The highest BCUT2D eigenvalue weighted by Gasteiger charge is 2.71. The summed E-state index contributed by atoms with van der Waals surface area (Å²) in [5, 5.41) is 11.2. The zero-order valence-electron chi connectivity index (χ0n) is 15.2. The molecule has 4 heteroatoms. The molecule has 0 aromatic carbocycles. The number of aliphatic hydroxyl groups excluding tert-OH is 1. The maximum Gasteiger partial charge on any atom is 0.190 e. The van der Waals surface area contributed by atoms with Gasteiger partial charge in [0.05, 0.1) is 6.10 Å². The molecule has 7 atom stereocenters. The van der Waals surface area contributed by atoms with Crippen molar-refractivity contribution in [3.05, 3.63) is 11.6 Å². The normalized spacial score (nSPS) is 54.4. The van der Waals surface area contributed by atoms with Crippen molar-refractivity contribution in [2.75, 3.05) is 6.61 Å². The molecule has 0 bridgehead atoms. The molecule has 1 aliphatic heterocycles. The SMILES string of the molecule is CC12CC(O)C3C(CCC4=CC(=O)CC[C@@]43C)C1CCC21OCC1=O. The van der Waals surface area contributed by atoms with Crippen molar-refractivity contribution >= 4 is 11.6 Å². The maximum absolute atomic E-state index is 12.5. The number of hydrogen-bond donors (Lipinski definition) is 1. The van der Waals surface area contributed by atoms with Crippen molar-refractivity contribution in [3.63, 3.8) is 0 Å². The first-order valence-corrected chi connectivity index (χ1v) is 9.91. The van der Waals surface area contributed by atoms with Gasteiger partial charge >= 0.3 is 0 Å². The lowest BCUT2D eigenvalue weighted by molar-refractivity contribution is -0.226. The Morgan fingerprint density at radius 2 is 1.96 bits per heavy atom. The average Bonchev–Trinajstić information content (AvgIpc) is 2.88. The van der Waals surface area contributed by atoms with Crippen LogP contribution in [0.4, 0.5) is 0 Å². The highest BCUT2D eigenvalue weighted by molar-refractivity contribution is 5.94. The van der Waals surface area contributed by atoms with Crippen molar-refractivity contribution in [2.45, 2.75) is 70.5 Å². The molecule has 1 N–H and O–H groups in total. The van der Waals surface area contributed by atoms with E-state index in [1.807, 2.05) is 6.08 Å². The molecule has 25 heavy (non-hydrogen) atoms. The monoisotopic (exact) mass is 344 g/mol. The minimum absolute atomic E-state index is 0.0577. The average molecular weight is 344 g/mol. The molecule has 5 rings (SSSR count). The second-order valence-corrected chi connectivity index (χ2v) is 9.65. The highest BCUT2D eigenvalue weighted by Crippen LogP contribution is 2.69. The zero-order valence-corrected chi connectivity index (χ0v) is 15.2. The Balaban J connectivity index is 1.55. The fourth-order valence-electron chi connectivity index (χ4n) is 7.68. The Kier molecular flexibility index (Phi) is 3.13. The van der Waals surface area contributed by atoms with Crippen LogP contribution in [-0.2, 0) is 14.3 Å². The van der Waals surface area contributed by atoms with Crippen LogP contribution in [-0.4, -0.2) is 35.0 Å². The molecule has 5 aliphatic rings. The van der Waals surface area contributed by atoms with Crippen molar-refractivity contribution < 1.29 is 19.4 Å². The number of rotatable bonds is 0. The number of carbonyl (C=O) groups excluding carboxylic acids is 2. The quantitative estimate of drug-likeness (QED) is 0.734. The third-order valence-electron chi connectivity index (χ3n) is 8.92. The summed E-state index contributed by atoms with van der Waals surface area (Å²) in [6.45, 7) is 4.71. The van der Waals surface area contributed by atoms with Crippen molar-refractivity contribution in [1.29, 1.82) is 0 Å². The summed E-state index contributed by atoms with van der Waals surface area (Å²) in [5.74, 6) is 1.58.